The molecule has 2 amide bonds. The highest BCUT2D eigenvalue weighted by Crippen LogP contribution is 2.16. The van der Waals surface area contributed by atoms with E-state index < -0.39 is 17.7 Å². The molecule has 2 N–H and O–H groups in total. The number of amides is 2. The molecule has 0 atom stereocenters. The maximum absolute atomic E-state index is 13.6. The van der Waals surface area contributed by atoms with Crippen molar-refractivity contribution in [3.05, 3.63) is 65.2 Å². The molecular weight excluding hydrogens is 324 g/mol. The number of nitrogens with zero attached hydrogens (tertiary/aromatic N) is 1. The highest BCUT2D eigenvalue weighted by molar-refractivity contribution is 5.89. The zero-order valence-corrected chi connectivity index (χ0v) is 14.6. The van der Waals surface area contributed by atoms with Crippen LogP contribution in [0.2, 0.25) is 0 Å². The van der Waals surface area contributed by atoms with Crippen LogP contribution >= 0.6 is 0 Å². The van der Waals surface area contributed by atoms with Crippen LogP contribution in [-0.2, 0) is 13.1 Å². The van der Waals surface area contributed by atoms with Crippen molar-refractivity contribution in [1.29, 1.82) is 0 Å². The van der Waals surface area contributed by atoms with E-state index in [0.717, 1.165) is 23.7 Å². The van der Waals surface area contributed by atoms with Crippen LogP contribution in [0.3, 0.4) is 0 Å². The van der Waals surface area contributed by atoms with E-state index in [9.17, 15) is 13.6 Å². The molecule has 6 heteroatoms. The molecule has 0 aliphatic heterocycles. The molecule has 0 saturated carbocycles. The van der Waals surface area contributed by atoms with Gasteiger partial charge in [0.15, 0.2) is 11.6 Å². The predicted octanol–water partition coefficient (Wildman–Crippen LogP) is 4.13. The molecule has 2 rings (SSSR count). The molecule has 0 saturated heterocycles. The molecule has 4 nitrogen and oxygen atoms in total. The number of benzene rings is 2. The summed E-state index contributed by atoms with van der Waals surface area (Å²) < 4.78 is 26.8. The van der Waals surface area contributed by atoms with Gasteiger partial charge >= 0.3 is 6.03 Å². The molecule has 0 spiro atoms. The second-order valence-corrected chi connectivity index (χ2v) is 6.19. The van der Waals surface area contributed by atoms with Gasteiger partial charge in [0.2, 0.25) is 0 Å². The number of hydrogen-bond acceptors (Lipinski definition) is 2. The first kappa shape index (κ1) is 18.9. The normalized spacial score (nSPS) is 11.0. The molecule has 2 aromatic carbocycles. The molecule has 0 fully saturated rings. The van der Waals surface area contributed by atoms with E-state index in [2.05, 4.69) is 29.4 Å². The third kappa shape index (κ3) is 5.26. The van der Waals surface area contributed by atoms with Crippen LogP contribution in [0.5, 0.6) is 0 Å². The van der Waals surface area contributed by atoms with Gasteiger partial charge in [-0.2, -0.15) is 0 Å². The van der Waals surface area contributed by atoms with Crippen LogP contribution in [0.1, 0.15) is 25.0 Å². The van der Waals surface area contributed by atoms with Crippen molar-refractivity contribution in [3.63, 3.8) is 0 Å². The summed E-state index contributed by atoms with van der Waals surface area (Å²) in [6.07, 6.45) is 0. The van der Waals surface area contributed by atoms with Crippen molar-refractivity contribution in [3.8, 4) is 0 Å². The van der Waals surface area contributed by atoms with Gasteiger partial charge in [-0.15, -0.1) is 0 Å². The summed E-state index contributed by atoms with van der Waals surface area (Å²) in [7, 11) is 2.04. The van der Waals surface area contributed by atoms with Gasteiger partial charge < -0.3 is 10.6 Å². The summed E-state index contributed by atoms with van der Waals surface area (Å²) in [5, 5.41) is 5.00. The molecule has 2 aromatic rings. The fourth-order valence-corrected chi connectivity index (χ4v) is 2.28. The third-order valence-corrected chi connectivity index (χ3v) is 4.06. The number of urea groups is 1. The highest BCUT2D eigenvalue weighted by atomic mass is 19.2. The Balaban J connectivity index is 1.99. The summed E-state index contributed by atoms with van der Waals surface area (Å²) in [6, 6.07) is 11.3. The van der Waals surface area contributed by atoms with Crippen LogP contribution in [0.15, 0.2) is 42.5 Å². The maximum atomic E-state index is 13.6. The first-order valence-corrected chi connectivity index (χ1v) is 8.14. The summed E-state index contributed by atoms with van der Waals surface area (Å²) in [5.74, 6) is -2.07. The summed E-state index contributed by atoms with van der Waals surface area (Å²) in [4.78, 5) is 14.2. The van der Waals surface area contributed by atoms with Gasteiger partial charge in [-0.3, -0.25) is 4.90 Å². The van der Waals surface area contributed by atoms with Gasteiger partial charge in [0, 0.05) is 19.1 Å². The van der Waals surface area contributed by atoms with Crippen LogP contribution in [0.4, 0.5) is 19.3 Å². The molecule has 0 bridgehead atoms. The van der Waals surface area contributed by atoms with E-state index >= 15 is 0 Å². The first-order valence-electron chi connectivity index (χ1n) is 8.14. The Hall–Kier alpha value is -2.47. The molecule has 25 heavy (non-hydrogen) atoms. The lowest BCUT2D eigenvalue weighted by Gasteiger charge is -2.22. The average Bonchev–Trinajstić information content (AvgIpc) is 2.58. The second-order valence-electron chi connectivity index (χ2n) is 6.19. The number of carbonyl (C=O) groups is 1. The Morgan fingerprint density at radius 1 is 1.08 bits per heavy atom. The smallest absolute Gasteiger partial charge is 0.319 e. The minimum absolute atomic E-state index is 0.190. The molecular formula is C19H23F2N3O. The lowest BCUT2D eigenvalue weighted by molar-refractivity contribution is 0.251. The first-order chi connectivity index (χ1) is 11.9. The molecule has 0 aliphatic rings. The fraction of sp³-hybridized carbons (Fsp3) is 0.316. The van der Waals surface area contributed by atoms with Crippen LogP contribution < -0.4 is 10.6 Å². The van der Waals surface area contributed by atoms with Gasteiger partial charge in [-0.1, -0.05) is 30.3 Å². The zero-order chi connectivity index (χ0) is 18.4. The molecule has 0 heterocycles. The van der Waals surface area contributed by atoms with E-state index in [1.54, 1.807) is 0 Å². The Morgan fingerprint density at radius 2 is 1.76 bits per heavy atom. The Kier molecular flexibility index (Phi) is 6.47. The standard InChI is InChI=1S/C19H23F2N3O/c1-13(2)24(3)12-15-8-5-4-7-14(15)11-22-19(25)23-17-10-6-9-16(20)18(17)21/h4-10,13H,11-12H2,1-3H3,(H2,22,23,25). The van der Waals surface area contributed by atoms with Crippen LogP contribution in [-0.4, -0.2) is 24.0 Å². The van der Waals surface area contributed by atoms with Crippen molar-refractivity contribution in [1.82, 2.24) is 10.2 Å². The van der Waals surface area contributed by atoms with Crippen LogP contribution in [0.25, 0.3) is 0 Å². The van der Waals surface area contributed by atoms with Crippen molar-refractivity contribution in [2.24, 2.45) is 0 Å². The number of halogens is 2. The molecule has 0 radical (unpaired) electrons. The average molecular weight is 347 g/mol. The van der Waals surface area contributed by atoms with Gasteiger partial charge in [0.1, 0.15) is 0 Å². The number of nitrogens with one attached hydrogen (secondary N) is 2. The molecule has 0 unspecified atom stereocenters. The Labute approximate surface area is 146 Å². The largest absolute Gasteiger partial charge is 0.334 e. The predicted molar refractivity (Wildman–Crippen MR) is 95.3 cm³/mol. The lowest BCUT2D eigenvalue weighted by Crippen LogP contribution is -2.30. The quantitative estimate of drug-likeness (QED) is 0.825. The van der Waals surface area contributed by atoms with E-state index in [1.807, 2.05) is 31.3 Å². The number of hydrogen-bond donors (Lipinski definition) is 2. The van der Waals surface area contributed by atoms with E-state index in [0.29, 0.717) is 12.6 Å². The summed E-state index contributed by atoms with van der Waals surface area (Å²) in [5.41, 5.74) is 1.89. The van der Waals surface area contributed by atoms with Gasteiger partial charge in [-0.25, -0.2) is 13.6 Å². The minimum Gasteiger partial charge on any atom is -0.334 e. The van der Waals surface area contributed by atoms with Crippen molar-refractivity contribution >= 4 is 11.7 Å². The number of rotatable bonds is 6. The van der Waals surface area contributed by atoms with Gasteiger partial charge in [0.05, 0.1) is 5.69 Å². The van der Waals surface area contributed by atoms with E-state index in [4.69, 9.17) is 0 Å². The fourth-order valence-electron chi connectivity index (χ4n) is 2.28. The Morgan fingerprint density at radius 3 is 2.44 bits per heavy atom. The second kappa shape index (κ2) is 8.58. The van der Waals surface area contributed by atoms with Gasteiger partial charge in [-0.05, 0) is 44.2 Å². The van der Waals surface area contributed by atoms with Crippen molar-refractivity contribution in [2.45, 2.75) is 33.0 Å². The summed E-state index contributed by atoms with van der Waals surface area (Å²) in [6.45, 7) is 5.28. The van der Waals surface area contributed by atoms with Gasteiger partial charge in [0.25, 0.3) is 0 Å². The van der Waals surface area contributed by atoms with E-state index in [-0.39, 0.29) is 5.69 Å². The SMILES string of the molecule is CC(C)N(C)Cc1ccccc1CNC(=O)Nc1cccc(F)c1F. The van der Waals surface area contributed by atoms with Crippen molar-refractivity contribution < 1.29 is 13.6 Å². The molecule has 0 aliphatic carbocycles. The molecule has 134 valence electrons. The monoisotopic (exact) mass is 347 g/mol. The molecule has 0 aromatic heterocycles. The number of anilines is 1. The Bertz CT molecular complexity index is 734. The third-order valence-electron chi connectivity index (χ3n) is 4.06. The minimum atomic E-state index is -1.07. The van der Waals surface area contributed by atoms with Crippen molar-refractivity contribution in [2.75, 3.05) is 12.4 Å². The topological polar surface area (TPSA) is 44.4 Å². The maximum Gasteiger partial charge on any atom is 0.319 e. The zero-order valence-electron chi connectivity index (χ0n) is 14.6. The summed E-state index contributed by atoms with van der Waals surface area (Å²) >= 11 is 0. The van der Waals surface area contributed by atoms with Crippen LogP contribution in [0, 0.1) is 11.6 Å². The number of carbonyl (C=O) groups excluding carboxylic acids is 1. The van der Waals surface area contributed by atoms with E-state index in [1.165, 1.54) is 12.1 Å². The highest BCUT2D eigenvalue weighted by Gasteiger charge is 2.12. The lowest BCUT2D eigenvalue weighted by atomic mass is 10.1.